The number of fused-ring (bicyclic) bond motifs is 1. The quantitative estimate of drug-likeness (QED) is 0.828. The monoisotopic (exact) mass is 218 g/mol. The van der Waals surface area contributed by atoms with Crippen molar-refractivity contribution in [1.29, 1.82) is 0 Å². The second-order valence-electron chi connectivity index (χ2n) is 5.27. The van der Waals surface area contributed by atoms with Crippen molar-refractivity contribution < 1.29 is 9.90 Å². The normalized spacial score (nSPS) is 19.6. The van der Waals surface area contributed by atoms with Gasteiger partial charge in [-0.3, -0.25) is 4.79 Å². The van der Waals surface area contributed by atoms with E-state index in [-0.39, 0.29) is 5.92 Å². The van der Waals surface area contributed by atoms with Crippen LogP contribution in [-0.2, 0) is 11.2 Å². The molecule has 0 heterocycles. The highest BCUT2D eigenvalue weighted by molar-refractivity contribution is 5.75. The van der Waals surface area contributed by atoms with Crippen LogP contribution in [0.25, 0.3) is 0 Å². The molecule has 1 N–H and O–H groups in total. The standard InChI is InChI=1S/C14H18O2/c1-9-5-4-6-10-7-8-11(12(9)10)14(2,3)13(15)16/h4-6,11H,7-8H2,1-3H3,(H,15,16). The summed E-state index contributed by atoms with van der Waals surface area (Å²) in [5, 5.41) is 9.32. The maximum atomic E-state index is 11.3. The minimum atomic E-state index is -0.700. The SMILES string of the molecule is Cc1cccc2c1C(C(C)(C)C(=O)O)CC2. The summed E-state index contributed by atoms with van der Waals surface area (Å²) < 4.78 is 0. The largest absolute Gasteiger partial charge is 0.481 e. The van der Waals surface area contributed by atoms with Crippen LogP contribution in [0.5, 0.6) is 0 Å². The molecule has 2 rings (SSSR count). The van der Waals surface area contributed by atoms with E-state index in [2.05, 4.69) is 25.1 Å². The lowest BCUT2D eigenvalue weighted by Crippen LogP contribution is -2.30. The summed E-state index contributed by atoms with van der Waals surface area (Å²) in [7, 11) is 0. The smallest absolute Gasteiger partial charge is 0.309 e. The van der Waals surface area contributed by atoms with Crippen LogP contribution < -0.4 is 0 Å². The van der Waals surface area contributed by atoms with Gasteiger partial charge in [-0.2, -0.15) is 0 Å². The highest BCUT2D eigenvalue weighted by atomic mass is 16.4. The van der Waals surface area contributed by atoms with Crippen LogP contribution in [0.15, 0.2) is 18.2 Å². The van der Waals surface area contributed by atoms with Crippen LogP contribution in [-0.4, -0.2) is 11.1 Å². The Kier molecular flexibility index (Phi) is 2.53. The van der Waals surface area contributed by atoms with Crippen LogP contribution in [0, 0.1) is 12.3 Å². The first kappa shape index (κ1) is 11.2. The molecule has 1 unspecified atom stereocenters. The van der Waals surface area contributed by atoms with Gasteiger partial charge in [0.15, 0.2) is 0 Å². The summed E-state index contributed by atoms with van der Waals surface area (Å²) in [4.78, 5) is 11.3. The van der Waals surface area contributed by atoms with E-state index < -0.39 is 11.4 Å². The Bertz CT molecular complexity index is 432. The molecule has 0 fully saturated rings. The van der Waals surface area contributed by atoms with Crippen LogP contribution in [0.1, 0.15) is 42.9 Å². The van der Waals surface area contributed by atoms with E-state index in [4.69, 9.17) is 0 Å². The van der Waals surface area contributed by atoms with Crippen LogP contribution in [0.4, 0.5) is 0 Å². The number of aliphatic carboxylic acids is 1. The maximum Gasteiger partial charge on any atom is 0.309 e. The van der Waals surface area contributed by atoms with Gasteiger partial charge in [0, 0.05) is 5.92 Å². The molecular weight excluding hydrogens is 200 g/mol. The Morgan fingerprint density at radius 2 is 2.12 bits per heavy atom. The number of hydrogen-bond acceptors (Lipinski definition) is 1. The number of rotatable bonds is 2. The summed E-state index contributed by atoms with van der Waals surface area (Å²) in [6.07, 6.45) is 1.97. The lowest BCUT2D eigenvalue weighted by molar-refractivity contribution is -0.148. The van der Waals surface area contributed by atoms with E-state index >= 15 is 0 Å². The summed E-state index contributed by atoms with van der Waals surface area (Å²) in [5.74, 6) is -0.546. The average Bonchev–Trinajstić information content (AvgIpc) is 2.63. The zero-order chi connectivity index (χ0) is 11.9. The summed E-state index contributed by atoms with van der Waals surface area (Å²) in [5.41, 5.74) is 3.17. The van der Waals surface area contributed by atoms with Gasteiger partial charge >= 0.3 is 5.97 Å². The molecule has 0 aromatic heterocycles. The molecule has 0 saturated heterocycles. The van der Waals surface area contributed by atoms with Crippen molar-refractivity contribution in [1.82, 2.24) is 0 Å². The molecule has 1 atom stereocenters. The van der Waals surface area contributed by atoms with Gasteiger partial charge in [-0.05, 0) is 50.3 Å². The van der Waals surface area contributed by atoms with Gasteiger partial charge in [0.2, 0.25) is 0 Å². The van der Waals surface area contributed by atoms with Gasteiger partial charge in [0.25, 0.3) is 0 Å². The van der Waals surface area contributed by atoms with Gasteiger partial charge in [-0.1, -0.05) is 18.2 Å². The molecule has 0 bridgehead atoms. The molecule has 16 heavy (non-hydrogen) atoms. The highest BCUT2D eigenvalue weighted by Gasteiger charge is 2.41. The second kappa shape index (κ2) is 3.62. The molecule has 0 saturated carbocycles. The van der Waals surface area contributed by atoms with Crippen molar-refractivity contribution >= 4 is 5.97 Å². The summed E-state index contributed by atoms with van der Waals surface area (Å²) in [6, 6.07) is 6.26. The molecule has 1 aliphatic carbocycles. The Labute approximate surface area is 96.3 Å². The molecular formula is C14H18O2. The molecule has 1 aromatic carbocycles. The Hall–Kier alpha value is -1.31. The first-order valence-corrected chi connectivity index (χ1v) is 5.76. The van der Waals surface area contributed by atoms with Crippen LogP contribution >= 0.6 is 0 Å². The van der Waals surface area contributed by atoms with E-state index in [0.29, 0.717) is 0 Å². The molecule has 86 valence electrons. The summed E-state index contributed by atoms with van der Waals surface area (Å²) in [6.45, 7) is 5.75. The molecule has 2 nitrogen and oxygen atoms in total. The molecule has 0 radical (unpaired) electrons. The van der Waals surface area contributed by atoms with E-state index in [9.17, 15) is 9.90 Å². The number of carboxylic acid groups (broad SMARTS) is 1. The lowest BCUT2D eigenvalue weighted by Gasteiger charge is -2.28. The number of aryl methyl sites for hydroxylation is 2. The number of hydrogen-bond donors (Lipinski definition) is 1. The van der Waals surface area contributed by atoms with Crippen molar-refractivity contribution in [2.45, 2.75) is 39.5 Å². The minimum absolute atomic E-state index is 0.154. The third-order valence-electron chi connectivity index (χ3n) is 3.89. The average molecular weight is 218 g/mol. The Morgan fingerprint density at radius 3 is 2.75 bits per heavy atom. The molecule has 0 aliphatic heterocycles. The van der Waals surface area contributed by atoms with Gasteiger partial charge in [-0.25, -0.2) is 0 Å². The van der Waals surface area contributed by atoms with Crippen LogP contribution in [0.2, 0.25) is 0 Å². The third kappa shape index (κ3) is 1.53. The highest BCUT2D eigenvalue weighted by Crippen LogP contribution is 2.46. The fourth-order valence-electron chi connectivity index (χ4n) is 2.77. The Balaban J connectivity index is 2.48. The van der Waals surface area contributed by atoms with Gasteiger partial charge in [-0.15, -0.1) is 0 Å². The first-order valence-electron chi connectivity index (χ1n) is 5.76. The zero-order valence-electron chi connectivity index (χ0n) is 10.1. The van der Waals surface area contributed by atoms with E-state index in [1.165, 1.54) is 16.7 Å². The topological polar surface area (TPSA) is 37.3 Å². The van der Waals surface area contributed by atoms with Crippen molar-refractivity contribution in [2.24, 2.45) is 5.41 Å². The number of carbonyl (C=O) groups is 1. The van der Waals surface area contributed by atoms with E-state index in [0.717, 1.165) is 12.8 Å². The van der Waals surface area contributed by atoms with Gasteiger partial charge in [0.05, 0.1) is 5.41 Å². The number of benzene rings is 1. The summed E-state index contributed by atoms with van der Waals surface area (Å²) >= 11 is 0. The fourth-order valence-corrected chi connectivity index (χ4v) is 2.77. The molecule has 2 heteroatoms. The zero-order valence-corrected chi connectivity index (χ0v) is 10.1. The molecule has 1 aliphatic rings. The van der Waals surface area contributed by atoms with Gasteiger partial charge < -0.3 is 5.11 Å². The molecule has 0 spiro atoms. The molecule has 0 amide bonds. The van der Waals surface area contributed by atoms with Crippen molar-refractivity contribution in [2.75, 3.05) is 0 Å². The maximum absolute atomic E-state index is 11.3. The van der Waals surface area contributed by atoms with Crippen LogP contribution in [0.3, 0.4) is 0 Å². The minimum Gasteiger partial charge on any atom is -0.481 e. The second-order valence-corrected chi connectivity index (χ2v) is 5.27. The van der Waals surface area contributed by atoms with Crippen molar-refractivity contribution in [3.05, 3.63) is 34.9 Å². The van der Waals surface area contributed by atoms with E-state index in [1.54, 1.807) is 0 Å². The van der Waals surface area contributed by atoms with Crippen molar-refractivity contribution in [3.8, 4) is 0 Å². The van der Waals surface area contributed by atoms with Crippen molar-refractivity contribution in [3.63, 3.8) is 0 Å². The van der Waals surface area contributed by atoms with Gasteiger partial charge in [0.1, 0.15) is 0 Å². The fraction of sp³-hybridized carbons (Fsp3) is 0.500. The third-order valence-corrected chi connectivity index (χ3v) is 3.89. The molecule has 1 aromatic rings. The Morgan fingerprint density at radius 1 is 1.44 bits per heavy atom. The first-order chi connectivity index (χ1) is 7.44. The number of carboxylic acids is 1. The predicted molar refractivity (Wildman–Crippen MR) is 63.7 cm³/mol. The predicted octanol–water partition coefficient (Wildman–Crippen LogP) is 3.14. The lowest BCUT2D eigenvalue weighted by atomic mass is 9.74. The van der Waals surface area contributed by atoms with E-state index in [1.807, 2.05) is 13.8 Å².